The van der Waals surface area contributed by atoms with Crippen LogP contribution in [0.2, 0.25) is 0 Å². The number of hydrogen-bond donors (Lipinski definition) is 0. The van der Waals surface area contributed by atoms with Crippen molar-refractivity contribution in [1.82, 2.24) is 4.90 Å². The summed E-state index contributed by atoms with van der Waals surface area (Å²) in [4.78, 5) is 29.3. The Balaban J connectivity index is 1.57. The van der Waals surface area contributed by atoms with E-state index in [1.165, 1.54) is 0 Å². The van der Waals surface area contributed by atoms with Crippen LogP contribution in [0.1, 0.15) is 31.9 Å². The lowest BCUT2D eigenvalue weighted by molar-refractivity contribution is -0.129. The van der Waals surface area contributed by atoms with Gasteiger partial charge in [-0.1, -0.05) is 30.3 Å². The second-order valence-electron chi connectivity index (χ2n) is 8.68. The van der Waals surface area contributed by atoms with E-state index in [0.717, 1.165) is 22.6 Å². The Kier molecular flexibility index (Phi) is 4.52. The third-order valence-corrected chi connectivity index (χ3v) is 5.44. The molecule has 2 aliphatic heterocycles. The summed E-state index contributed by atoms with van der Waals surface area (Å²) in [6.45, 7) is 6.69. The smallest absolute Gasteiger partial charge is 0.410 e. The summed E-state index contributed by atoms with van der Waals surface area (Å²) in [5.74, 6) is 0.819. The topological polar surface area (TPSA) is 59.1 Å². The third-order valence-electron chi connectivity index (χ3n) is 5.44. The van der Waals surface area contributed by atoms with Gasteiger partial charge in [0.2, 0.25) is 5.91 Å². The molecule has 0 radical (unpaired) electrons. The molecule has 4 rings (SSSR count). The molecule has 0 saturated carbocycles. The molecule has 6 nitrogen and oxygen atoms in total. The van der Waals surface area contributed by atoms with E-state index in [4.69, 9.17) is 9.47 Å². The molecule has 2 aliphatic rings. The van der Waals surface area contributed by atoms with E-state index in [1.807, 2.05) is 74.2 Å². The maximum atomic E-state index is 13.5. The Labute approximate surface area is 171 Å². The number of carbonyl (C=O) groups is 2. The van der Waals surface area contributed by atoms with Crippen molar-refractivity contribution in [1.29, 1.82) is 0 Å². The van der Waals surface area contributed by atoms with Crippen LogP contribution in [0, 0.1) is 0 Å². The van der Waals surface area contributed by atoms with Gasteiger partial charge in [0.25, 0.3) is 0 Å². The number of carbonyl (C=O) groups excluding carboxylic acids is 2. The summed E-state index contributed by atoms with van der Waals surface area (Å²) < 4.78 is 10.7. The number of amides is 2. The molecule has 152 valence electrons. The second kappa shape index (κ2) is 6.79. The van der Waals surface area contributed by atoms with Gasteiger partial charge in [0.05, 0.1) is 13.7 Å². The first-order valence-electron chi connectivity index (χ1n) is 9.76. The first kappa shape index (κ1) is 19.3. The highest BCUT2D eigenvalue weighted by molar-refractivity contribution is 6.09. The summed E-state index contributed by atoms with van der Waals surface area (Å²) in [6, 6.07) is 15.6. The van der Waals surface area contributed by atoms with Gasteiger partial charge in [0.15, 0.2) is 0 Å². The molecule has 2 heterocycles. The summed E-state index contributed by atoms with van der Waals surface area (Å²) in [6.07, 6.45) is -0.373. The van der Waals surface area contributed by atoms with Crippen molar-refractivity contribution < 1.29 is 19.1 Å². The van der Waals surface area contributed by atoms with Gasteiger partial charge in [-0.15, -0.1) is 0 Å². The molecular formula is C23H26N2O4. The van der Waals surface area contributed by atoms with E-state index in [0.29, 0.717) is 19.6 Å². The number of methoxy groups -OCH3 is 1. The monoisotopic (exact) mass is 394 g/mol. The first-order valence-corrected chi connectivity index (χ1v) is 9.76. The van der Waals surface area contributed by atoms with Crippen molar-refractivity contribution in [3.8, 4) is 5.75 Å². The van der Waals surface area contributed by atoms with E-state index in [1.54, 1.807) is 12.0 Å². The SMILES string of the molecule is COc1ccc(CN2C(=O)C3(CN(C(=O)OC(C)(C)C)C3)c3ccccc32)cc1. The van der Waals surface area contributed by atoms with Gasteiger partial charge in [0, 0.05) is 18.8 Å². The molecule has 6 heteroatoms. The summed E-state index contributed by atoms with van der Waals surface area (Å²) in [7, 11) is 1.63. The van der Waals surface area contributed by atoms with Crippen LogP contribution in [0.3, 0.4) is 0 Å². The number of rotatable bonds is 3. The number of hydrogen-bond acceptors (Lipinski definition) is 4. The maximum Gasteiger partial charge on any atom is 0.410 e. The van der Waals surface area contributed by atoms with Gasteiger partial charge in [-0.3, -0.25) is 4.79 Å². The molecule has 2 amide bonds. The number of ether oxygens (including phenoxy) is 2. The van der Waals surface area contributed by atoms with Crippen LogP contribution in [0.15, 0.2) is 48.5 Å². The zero-order valence-electron chi connectivity index (χ0n) is 17.3. The fraction of sp³-hybridized carbons (Fsp3) is 0.391. The summed E-state index contributed by atoms with van der Waals surface area (Å²) >= 11 is 0. The summed E-state index contributed by atoms with van der Waals surface area (Å²) in [5.41, 5.74) is 1.68. The lowest BCUT2D eigenvalue weighted by Gasteiger charge is -2.46. The fourth-order valence-electron chi connectivity index (χ4n) is 4.03. The number of fused-ring (bicyclic) bond motifs is 2. The Bertz CT molecular complexity index is 940. The quantitative estimate of drug-likeness (QED) is 0.796. The van der Waals surface area contributed by atoms with E-state index in [9.17, 15) is 9.59 Å². The average Bonchev–Trinajstić information content (AvgIpc) is 2.88. The number of anilines is 1. The van der Waals surface area contributed by atoms with Crippen LogP contribution in [0.5, 0.6) is 5.75 Å². The molecule has 1 spiro atoms. The van der Waals surface area contributed by atoms with Crippen LogP contribution in [-0.2, 0) is 21.5 Å². The Hall–Kier alpha value is -3.02. The molecule has 1 saturated heterocycles. The highest BCUT2D eigenvalue weighted by atomic mass is 16.6. The van der Waals surface area contributed by atoms with Gasteiger partial charge >= 0.3 is 6.09 Å². The summed E-state index contributed by atoms with van der Waals surface area (Å²) in [5, 5.41) is 0. The zero-order valence-corrected chi connectivity index (χ0v) is 17.3. The van der Waals surface area contributed by atoms with Gasteiger partial charge in [-0.2, -0.15) is 0 Å². The predicted octanol–water partition coefficient (Wildman–Crippen LogP) is 3.73. The van der Waals surface area contributed by atoms with Crippen molar-refractivity contribution in [3.63, 3.8) is 0 Å². The van der Waals surface area contributed by atoms with Crippen molar-refractivity contribution in [3.05, 3.63) is 59.7 Å². The van der Waals surface area contributed by atoms with E-state index in [2.05, 4.69) is 0 Å². The second-order valence-corrected chi connectivity index (χ2v) is 8.68. The van der Waals surface area contributed by atoms with E-state index >= 15 is 0 Å². The molecule has 0 bridgehead atoms. The molecular weight excluding hydrogens is 368 g/mol. The highest BCUT2D eigenvalue weighted by Crippen LogP contribution is 2.48. The minimum atomic E-state index is -0.681. The van der Waals surface area contributed by atoms with Crippen LogP contribution in [-0.4, -0.2) is 42.7 Å². The van der Waals surface area contributed by atoms with E-state index < -0.39 is 11.0 Å². The molecule has 0 atom stereocenters. The van der Waals surface area contributed by atoms with Crippen LogP contribution < -0.4 is 9.64 Å². The van der Waals surface area contributed by atoms with Crippen LogP contribution in [0.25, 0.3) is 0 Å². The average molecular weight is 394 g/mol. The molecule has 0 aliphatic carbocycles. The molecule has 0 aromatic heterocycles. The number of nitrogens with zero attached hydrogens (tertiary/aromatic N) is 2. The number of benzene rings is 2. The Morgan fingerprint density at radius 1 is 1.07 bits per heavy atom. The molecule has 0 unspecified atom stereocenters. The normalized spacial score (nSPS) is 17.2. The van der Waals surface area contributed by atoms with Crippen molar-refractivity contribution >= 4 is 17.7 Å². The van der Waals surface area contributed by atoms with Crippen LogP contribution in [0.4, 0.5) is 10.5 Å². The van der Waals surface area contributed by atoms with E-state index in [-0.39, 0.29) is 12.0 Å². The highest BCUT2D eigenvalue weighted by Gasteiger charge is 2.59. The molecule has 2 aromatic carbocycles. The zero-order chi connectivity index (χ0) is 20.8. The van der Waals surface area contributed by atoms with Crippen LogP contribution >= 0.6 is 0 Å². The molecule has 1 fully saturated rings. The maximum absolute atomic E-state index is 13.5. The number of likely N-dealkylation sites (tertiary alicyclic amines) is 1. The standard InChI is InChI=1S/C23H26N2O4/c1-22(2,3)29-21(27)24-14-23(15-24)18-7-5-6-8-19(18)25(20(23)26)13-16-9-11-17(28-4)12-10-16/h5-12H,13-15H2,1-4H3. The number of para-hydroxylation sites is 1. The minimum absolute atomic E-state index is 0.0364. The lowest BCUT2D eigenvalue weighted by atomic mass is 9.75. The lowest BCUT2D eigenvalue weighted by Crippen LogP contribution is -2.65. The van der Waals surface area contributed by atoms with Gasteiger partial charge in [0.1, 0.15) is 16.8 Å². The molecule has 29 heavy (non-hydrogen) atoms. The van der Waals surface area contributed by atoms with Gasteiger partial charge in [-0.25, -0.2) is 4.79 Å². The minimum Gasteiger partial charge on any atom is -0.497 e. The molecule has 2 aromatic rings. The van der Waals surface area contributed by atoms with Crippen molar-refractivity contribution in [2.75, 3.05) is 25.1 Å². The van der Waals surface area contributed by atoms with Gasteiger partial charge in [-0.05, 0) is 50.1 Å². The Morgan fingerprint density at radius 3 is 2.34 bits per heavy atom. The van der Waals surface area contributed by atoms with Crippen molar-refractivity contribution in [2.45, 2.75) is 38.3 Å². The molecule has 0 N–H and O–H groups in total. The first-order chi connectivity index (χ1) is 13.7. The Morgan fingerprint density at radius 2 is 1.72 bits per heavy atom. The third kappa shape index (κ3) is 3.33. The van der Waals surface area contributed by atoms with Crippen molar-refractivity contribution in [2.24, 2.45) is 0 Å². The fourth-order valence-corrected chi connectivity index (χ4v) is 4.03. The van der Waals surface area contributed by atoms with Gasteiger partial charge < -0.3 is 19.3 Å². The predicted molar refractivity (Wildman–Crippen MR) is 110 cm³/mol. The largest absolute Gasteiger partial charge is 0.497 e.